The molecule has 0 unspecified atom stereocenters. The van der Waals surface area contributed by atoms with Crippen LogP contribution in [0.15, 0.2) is 100 Å². The van der Waals surface area contributed by atoms with E-state index in [0.717, 1.165) is 16.9 Å². The van der Waals surface area contributed by atoms with E-state index in [1.807, 2.05) is 66.9 Å². The first-order valence-corrected chi connectivity index (χ1v) is 11.8. The van der Waals surface area contributed by atoms with Gasteiger partial charge in [0.15, 0.2) is 5.43 Å². The van der Waals surface area contributed by atoms with Gasteiger partial charge in [-0.3, -0.25) is 4.79 Å². The van der Waals surface area contributed by atoms with E-state index in [0.29, 0.717) is 55.4 Å². The van der Waals surface area contributed by atoms with Gasteiger partial charge in [0.2, 0.25) is 0 Å². The van der Waals surface area contributed by atoms with Crippen LogP contribution < -0.4 is 15.5 Å². The molecule has 8 heteroatoms. The van der Waals surface area contributed by atoms with Gasteiger partial charge in [-0.2, -0.15) is 0 Å². The topological polar surface area (TPSA) is 91.4 Å². The number of aromatic nitrogens is 3. The van der Waals surface area contributed by atoms with E-state index >= 15 is 0 Å². The number of benzene rings is 3. The summed E-state index contributed by atoms with van der Waals surface area (Å²) >= 11 is 0. The van der Waals surface area contributed by atoms with Crippen molar-refractivity contribution in [3.8, 4) is 17.1 Å². The molecule has 36 heavy (non-hydrogen) atoms. The normalized spacial score (nSPS) is 11.0. The molecule has 2 heterocycles. The Morgan fingerprint density at radius 3 is 2.53 bits per heavy atom. The van der Waals surface area contributed by atoms with Gasteiger partial charge in [0, 0.05) is 23.4 Å². The van der Waals surface area contributed by atoms with Crippen LogP contribution in [0.4, 0.5) is 5.69 Å². The van der Waals surface area contributed by atoms with Gasteiger partial charge in [-0.1, -0.05) is 53.7 Å². The minimum atomic E-state index is -0.0860. The second-order valence-corrected chi connectivity index (χ2v) is 8.15. The van der Waals surface area contributed by atoms with Crippen molar-refractivity contribution in [1.82, 2.24) is 15.0 Å². The Kier molecular flexibility index (Phi) is 7.34. The van der Waals surface area contributed by atoms with Gasteiger partial charge in [-0.05, 0) is 24.3 Å². The highest BCUT2D eigenvalue weighted by atomic mass is 16.5. The Morgan fingerprint density at radius 1 is 0.889 bits per heavy atom. The molecule has 0 fully saturated rings. The highest BCUT2D eigenvalue weighted by molar-refractivity contribution is 5.80. The van der Waals surface area contributed by atoms with Crippen molar-refractivity contribution in [1.29, 1.82) is 0 Å². The van der Waals surface area contributed by atoms with Gasteiger partial charge < -0.3 is 19.2 Å². The van der Waals surface area contributed by atoms with Gasteiger partial charge in [0.25, 0.3) is 0 Å². The minimum absolute atomic E-state index is 0.0860. The van der Waals surface area contributed by atoms with Crippen LogP contribution in [0.2, 0.25) is 0 Å². The van der Waals surface area contributed by atoms with Crippen molar-refractivity contribution in [3.05, 3.63) is 107 Å². The molecule has 0 amide bonds. The van der Waals surface area contributed by atoms with Crippen LogP contribution in [0, 0.1) is 0 Å². The van der Waals surface area contributed by atoms with Gasteiger partial charge in [-0.15, -0.1) is 5.10 Å². The van der Waals surface area contributed by atoms with E-state index in [1.54, 1.807) is 22.9 Å². The molecule has 8 nitrogen and oxygen atoms in total. The fourth-order valence-electron chi connectivity index (χ4n) is 3.73. The van der Waals surface area contributed by atoms with Gasteiger partial charge in [0.1, 0.15) is 29.4 Å². The van der Waals surface area contributed by atoms with Crippen LogP contribution in [0.25, 0.3) is 22.3 Å². The summed E-state index contributed by atoms with van der Waals surface area (Å²) in [5, 5.41) is 12.1. The first kappa shape index (κ1) is 23.3. The Balaban J connectivity index is 1.07. The lowest BCUT2D eigenvalue weighted by Crippen LogP contribution is -2.12. The second-order valence-electron chi connectivity index (χ2n) is 8.15. The summed E-state index contributed by atoms with van der Waals surface area (Å²) in [6.45, 7) is 2.49. The molecular formula is C28H26N4O4. The predicted molar refractivity (Wildman–Crippen MR) is 138 cm³/mol. The molecule has 0 aliphatic heterocycles. The summed E-state index contributed by atoms with van der Waals surface area (Å²) in [6.07, 6.45) is 1.91. The van der Waals surface area contributed by atoms with Crippen molar-refractivity contribution in [2.45, 2.75) is 13.1 Å². The minimum Gasteiger partial charge on any atom is -0.491 e. The SMILES string of the molecule is O=c1cc(-c2ccccc2)oc2cc(OCCOCCn3cc(CNc4ccccc4)nn3)ccc12. The van der Waals surface area contributed by atoms with Crippen LogP contribution in [0.5, 0.6) is 5.75 Å². The Hall–Kier alpha value is -4.43. The molecule has 5 rings (SSSR count). The van der Waals surface area contributed by atoms with E-state index in [-0.39, 0.29) is 5.43 Å². The predicted octanol–water partition coefficient (Wildman–Crippen LogP) is 4.76. The summed E-state index contributed by atoms with van der Waals surface area (Å²) < 4.78 is 19.2. The maximum absolute atomic E-state index is 12.5. The number of para-hydroxylation sites is 1. The van der Waals surface area contributed by atoms with Gasteiger partial charge in [0.05, 0.1) is 37.9 Å². The van der Waals surface area contributed by atoms with Crippen LogP contribution in [0.3, 0.4) is 0 Å². The van der Waals surface area contributed by atoms with E-state index in [4.69, 9.17) is 13.9 Å². The molecule has 1 N–H and O–H groups in total. The number of anilines is 1. The average molecular weight is 483 g/mol. The molecule has 5 aromatic rings. The molecule has 0 atom stereocenters. The average Bonchev–Trinajstić information content (AvgIpc) is 3.38. The number of hydrogen-bond donors (Lipinski definition) is 1. The number of nitrogens with one attached hydrogen (secondary N) is 1. The van der Waals surface area contributed by atoms with Gasteiger partial charge >= 0.3 is 0 Å². The number of ether oxygens (including phenoxy) is 2. The second kappa shape index (κ2) is 11.3. The Morgan fingerprint density at radius 2 is 1.69 bits per heavy atom. The largest absolute Gasteiger partial charge is 0.491 e. The monoisotopic (exact) mass is 482 g/mol. The van der Waals surface area contributed by atoms with Crippen molar-refractivity contribution >= 4 is 16.7 Å². The van der Waals surface area contributed by atoms with Crippen LogP contribution in [0.1, 0.15) is 5.69 Å². The van der Waals surface area contributed by atoms with E-state index < -0.39 is 0 Å². The highest BCUT2D eigenvalue weighted by Crippen LogP contribution is 2.24. The number of hydrogen-bond acceptors (Lipinski definition) is 7. The zero-order chi connectivity index (χ0) is 24.6. The van der Waals surface area contributed by atoms with Crippen molar-refractivity contribution in [3.63, 3.8) is 0 Å². The standard InChI is InChI=1S/C28H26N4O4/c33-26-18-27(21-7-3-1-4-8-21)36-28-17-24(11-12-25(26)28)35-16-15-34-14-13-32-20-23(30-31-32)19-29-22-9-5-2-6-10-22/h1-12,17-18,20,29H,13-16,19H2. The molecule has 182 valence electrons. The first-order chi connectivity index (χ1) is 17.7. The van der Waals surface area contributed by atoms with Crippen LogP contribution in [-0.4, -0.2) is 34.8 Å². The van der Waals surface area contributed by atoms with E-state index in [9.17, 15) is 4.79 Å². The molecule has 0 saturated heterocycles. The van der Waals surface area contributed by atoms with Crippen molar-refractivity contribution in [2.75, 3.05) is 25.1 Å². The molecule has 0 spiro atoms. The highest BCUT2D eigenvalue weighted by Gasteiger charge is 2.08. The van der Waals surface area contributed by atoms with E-state index in [2.05, 4.69) is 15.6 Å². The molecule has 0 aliphatic carbocycles. The lowest BCUT2D eigenvalue weighted by Gasteiger charge is -2.08. The third-order valence-corrected chi connectivity index (χ3v) is 5.55. The fraction of sp³-hybridized carbons (Fsp3) is 0.179. The zero-order valence-electron chi connectivity index (χ0n) is 19.7. The molecule has 0 aliphatic rings. The third-order valence-electron chi connectivity index (χ3n) is 5.55. The summed E-state index contributed by atoms with van der Waals surface area (Å²) in [5.41, 5.74) is 3.16. The molecular weight excluding hydrogens is 456 g/mol. The smallest absolute Gasteiger partial charge is 0.193 e. The molecule has 3 aromatic carbocycles. The summed E-state index contributed by atoms with van der Waals surface area (Å²) in [4.78, 5) is 12.5. The third kappa shape index (κ3) is 5.97. The van der Waals surface area contributed by atoms with Crippen LogP contribution >= 0.6 is 0 Å². The molecule has 0 saturated carbocycles. The summed E-state index contributed by atoms with van der Waals surface area (Å²) in [7, 11) is 0. The zero-order valence-corrected chi connectivity index (χ0v) is 19.7. The number of fused-ring (bicyclic) bond motifs is 1. The molecule has 0 bridgehead atoms. The number of nitrogens with zero attached hydrogens (tertiary/aromatic N) is 3. The maximum atomic E-state index is 12.5. The molecule has 2 aromatic heterocycles. The first-order valence-electron chi connectivity index (χ1n) is 11.8. The number of rotatable bonds is 11. The Labute approximate surface area is 208 Å². The van der Waals surface area contributed by atoms with Crippen LogP contribution in [-0.2, 0) is 17.8 Å². The van der Waals surface area contributed by atoms with Gasteiger partial charge in [-0.25, -0.2) is 4.68 Å². The van der Waals surface area contributed by atoms with Crippen molar-refractivity contribution in [2.24, 2.45) is 0 Å². The quantitative estimate of drug-likeness (QED) is 0.271. The molecule has 0 radical (unpaired) electrons. The Bertz CT molecular complexity index is 1470. The van der Waals surface area contributed by atoms with E-state index in [1.165, 1.54) is 6.07 Å². The maximum Gasteiger partial charge on any atom is 0.193 e. The lowest BCUT2D eigenvalue weighted by atomic mass is 10.1. The fourth-order valence-corrected chi connectivity index (χ4v) is 3.73. The summed E-state index contributed by atoms with van der Waals surface area (Å²) in [5.74, 6) is 1.15. The van der Waals surface area contributed by atoms with Crippen molar-refractivity contribution < 1.29 is 13.9 Å². The summed E-state index contributed by atoms with van der Waals surface area (Å²) in [6, 6.07) is 26.3. The lowest BCUT2D eigenvalue weighted by molar-refractivity contribution is 0.0923.